The van der Waals surface area contributed by atoms with Gasteiger partial charge in [0.25, 0.3) is 5.91 Å². The topological polar surface area (TPSA) is 84.5 Å². The van der Waals surface area contributed by atoms with Gasteiger partial charge in [0.05, 0.1) is 19.0 Å². The summed E-state index contributed by atoms with van der Waals surface area (Å²) in [5.74, 6) is 1.21. The van der Waals surface area contributed by atoms with Crippen molar-refractivity contribution in [3.8, 4) is 0 Å². The van der Waals surface area contributed by atoms with Gasteiger partial charge in [0.2, 0.25) is 0 Å². The summed E-state index contributed by atoms with van der Waals surface area (Å²) in [6, 6.07) is 14.9. The Hall–Kier alpha value is -3.61. The second-order valence-electron chi connectivity index (χ2n) is 5.84. The van der Waals surface area contributed by atoms with E-state index in [0.717, 1.165) is 17.0 Å². The van der Waals surface area contributed by atoms with Crippen LogP contribution in [0.15, 0.2) is 65.4 Å². The first-order valence-electron chi connectivity index (χ1n) is 8.19. The standard InChI is InChI=1S/C19H17N5O2/c1-13-10-17-20-12-16(19(25)22-14-6-3-2-4-7-14)24(17)23-18(13)21-11-15-8-5-9-26-15/h2-10,12H,11H2,1H3,(H,21,23)(H,22,25). The molecular formula is C19H17N5O2. The van der Waals surface area contributed by atoms with Gasteiger partial charge in [-0.25, -0.2) is 9.50 Å². The van der Waals surface area contributed by atoms with Gasteiger partial charge in [-0.1, -0.05) is 18.2 Å². The molecule has 3 aromatic heterocycles. The van der Waals surface area contributed by atoms with Crippen molar-refractivity contribution in [3.05, 3.63) is 78.0 Å². The molecule has 0 saturated carbocycles. The molecule has 7 heteroatoms. The van der Waals surface area contributed by atoms with Crippen LogP contribution >= 0.6 is 0 Å². The number of nitrogens with one attached hydrogen (secondary N) is 2. The number of fused-ring (bicyclic) bond motifs is 1. The molecule has 0 unspecified atom stereocenters. The number of carbonyl (C=O) groups excluding carboxylic acids is 1. The number of aryl methyl sites for hydroxylation is 1. The Morgan fingerprint density at radius 1 is 1.19 bits per heavy atom. The number of amides is 1. The minimum Gasteiger partial charge on any atom is -0.467 e. The number of benzene rings is 1. The molecule has 0 aliphatic rings. The van der Waals surface area contributed by atoms with Crippen molar-refractivity contribution in [1.29, 1.82) is 0 Å². The van der Waals surface area contributed by atoms with Crippen molar-refractivity contribution in [1.82, 2.24) is 14.6 Å². The summed E-state index contributed by atoms with van der Waals surface area (Å²) >= 11 is 0. The second-order valence-corrected chi connectivity index (χ2v) is 5.84. The molecule has 4 rings (SSSR count). The fourth-order valence-corrected chi connectivity index (χ4v) is 2.63. The smallest absolute Gasteiger partial charge is 0.276 e. The molecule has 130 valence electrons. The van der Waals surface area contributed by atoms with Gasteiger partial charge in [-0.05, 0) is 42.8 Å². The molecule has 0 bridgehead atoms. The monoisotopic (exact) mass is 347 g/mol. The summed E-state index contributed by atoms with van der Waals surface area (Å²) in [5.41, 5.74) is 2.63. The van der Waals surface area contributed by atoms with Crippen LogP contribution in [0.5, 0.6) is 0 Å². The molecule has 1 amide bonds. The Balaban J connectivity index is 1.61. The zero-order valence-electron chi connectivity index (χ0n) is 14.1. The minimum absolute atomic E-state index is 0.267. The lowest BCUT2D eigenvalue weighted by molar-refractivity contribution is 0.102. The van der Waals surface area contributed by atoms with Gasteiger partial charge >= 0.3 is 0 Å². The van der Waals surface area contributed by atoms with Gasteiger partial charge in [0.15, 0.2) is 11.3 Å². The number of anilines is 2. The molecule has 4 aromatic rings. The van der Waals surface area contributed by atoms with Crippen molar-refractivity contribution in [2.24, 2.45) is 0 Å². The van der Waals surface area contributed by atoms with Crippen LogP contribution in [0, 0.1) is 6.92 Å². The number of aromatic nitrogens is 3. The molecule has 26 heavy (non-hydrogen) atoms. The molecule has 2 N–H and O–H groups in total. The number of rotatable bonds is 5. The van der Waals surface area contributed by atoms with E-state index in [0.29, 0.717) is 23.7 Å². The number of hydrogen-bond acceptors (Lipinski definition) is 5. The van der Waals surface area contributed by atoms with Crippen molar-refractivity contribution in [3.63, 3.8) is 0 Å². The number of carbonyl (C=O) groups is 1. The lowest BCUT2D eigenvalue weighted by Gasteiger charge is -2.09. The molecule has 0 spiro atoms. The van der Waals surface area contributed by atoms with E-state index in [1.807, 2.05) is 55.5 Å². The maximum atomic E-state index is 12.6. The fraction of sp³-hybridized carbons (Fsp3) is 0.105. The molecule has 0 aliphatic heterocycles. The first-order valence-corrected chi connectivity index (χ1v) is 8.19. The molecule has 0 aliphatic carbocycles. The van der Waals surface area contributed by atoms with Gasteiger partial charge in [0, 0.05) is 5.69 Å². The maximum Gasteiger partial charge on any atom is 0.276 e. The molecule has 3 heterocycles. The van der Waals surface area contributed by atoms with Crippen molar-refractivity contribution in [2.45, 2.75) is 13.5 Å². The molecule has 0 fully saturated rings. The number of hydrogen-bond donors (Lipinski definition) is 2. The van der Waals surface area contributed by atoms with Gasteiger partial charge in [-0.3, -0.25) is 4.79 Å². The highest BCUT2D eigenvalue weighted by atomic mass is 16.3. The van der Waals surface area contributed by atoms with E-state index < -0.39 is 0 Å². The van der Waals surface area contributed by atoms with Crippen LogP contribution in [0.2, 0.25) is 0 Å². The van der Waals surface area contributed by atoms with Gasteiger partial charge < -0.3 is 15.1 Å². The largest absolute Gasteiger partial charge is 0.467 e. The van der Waals surface area contributed by atoms with E-state index >= 15 is 0 Å². The zero-order valence-corrected chi connectivity index (χ0v) is 14.1. The molecule has 0 atom stereocenters. The third-order valence-corrected chi connectivity index (χ3v) is 3.96. The summed E-state index contributed by atoms with van der Waals surface area (Å²) in [4.78, 5) is 16.9. The van der Waals surface area contributed by atoms with Crippen LogP contribution in [0.3, 0.4) is 0 Å². The van der Waals surface area contributed by atoms with E-state index in [4.69, 9.17) is 4.42 Å². The Morgan fingerprint density at radius 3 is 2.81 bits per heavy atom. The van der Waals surface area contributed by atoms with Crippen molar-refractivity contribution in [2.75, 3.05) is 10.6 Å². The Labute approximate surface area is 149 Å². The van der Waals surface area contributed by atoms with Crippen LogP contribution in [0.25, 0.3) is 5.65 Å². The number of imidazole rings is 1. The Morgan fingerprint density at radius 2 is 2.04 bits per heavy atom. The zero-order chi connectivity index (χ0) is 17.9. The predicted molar refractivity (Wildman–Crippen MR) is 98.2 cm³/mol. The number of para-hydroxylation sites is 1. The molecule has 7 nitrogen and oxygen atoms in total. The molecule has 0 saturated heterocycles. The quantitative estimate of drug-likeness (QED) is 0.577. The summed E-state index contributed by atoms with van der Waals surface area (Å²) < 4.78 is 6.86. The van der Waals surface area contributed by atoms with Crippen molar-refractivity contribution >= 4 is 23.1 Å². The normalized spacial score (nSPS) is 10.8. The summed E-state index contributed by atoms with van der Waals surface area (Å²) in [7, 11) is 0. The average molecular weight is 347 g/mol. The van der Waals surface area contributed by atoms with E-state index in [1.165, 1.54) is 10.7 Å². The highest BCUT2D eigenvalue weighted by Crippen LogP contribution is 2.17. The molecular weight excluding hydrogens is 330 g/mol. The van der Waals surface area contributed by atoms with E-state index in [1.54, 1.807) is 6.26 Å². The summed E-state index contributed by atoms with van der Waals surface area (Å²) in [6.07, 6.45) is 3.15. The highest BCUT2D eigenvalue weighted by Gasteiger charge is 2.15. The van der Waals surface area contributed by atoms with E-state index in [2.05, 4.69) is 20.7 Å². The third-order valence-electron chi connectivity index (χ3n) is 3.96. The minimum atomic E-state index is -0.267. The fourth-order valence-electron chi connectivity index (χ4n) is 2.63. The Bertz CT molecular complexity index is 1040. The van der Waals surface area contributed by atoms with Crippen LogP contribution in [0.1, 0.15) is 21.8 Å². The first kappa shape index (κ1) is 15.9. The Kier molecular flexibility index (Phi) is 4.10. The van der Waals surface area contributed by atoms with Gasteiger partial charge in [-0.15, -0.1) is 5.10 Å². The van der Waals surface area contributed by atoms with E-state index in [9.17, 15) is 4.79 Å². The van der Waals surface area contributed by atoms with E-state index in [-0.39, 0.29) is 5.91 Å². The van der Waals surface area contributed by atoms with Gasteiger partial charge in [0.1, 0.15) is 11.6 Å². The second kappa shape index (κ2) is 6.72. The lowest BCUT2D eigenvalue weighted by atomic mass is 10.3. The van der Waals surface area contributed by atoms with Crippen LogP contribution in [-0.4, -0.2) is 20.5 Å². The third kappa shape index (κ3) is 3.14. The predicted octanol–water partition coefficient (Wildman–Crippen LogP) is 3.50. The number of furan rings is 1. The first-order chi connectivity index (χ1) is 12.7. The number of nitrogens with zero attached hydrogens (tertiary/aromatic N) is 3. The highest BCUT2D eigenvalue weighted by molar-refractivity contribution is 6.03. The SMILES string of the molecule is Cc1cc2ncc(C(=O)Nc3ccccc3)n2nc1NCc1ccco1. The van der Waals surface area contributed by atoms with Gasteiger partial charge in [-0.2, -0.15) is 0 Å². The maximum absolute atomic E-state index is 12.6. The lowest BCUT2D eigenvalue weighted by Crippen LogP contribution is -2.16. The molecule has 1 aromatic carbocycles. The average Bonchev–Trinajstić information content (AvgIpc) is 3.30. The van der Waals surface area contributed by atoms with Crippen LogP contribution in [0.4, 0.5) is 11.5 Å². The van der Waals surface area contributed by atoms with Crippen LogP contribution < -0.4 is 10.6 Å². The summed E-state index contributed by atoms with van der Waals surface area (Å²) in [6.45, 7) is 2.45. The summed E-state index contributed by atoms with van der Waals surface area (Å²) in [5, 5.41) is 10.6. The van der Waals surface area contributed by atoms with Crippen molar-refractivity contribution < 1.29 is 9.21 Å². The van der Waals surface area contributed by atoms with Crippen LogP contribution in [-0.2, 0) is 6.54 Å². The molecule has 0 radical (unpaired) electrons.